The monoisotopic (exact) mass is 271 g/mol. The van der Waals surface area contributed by atoms with Crippen LogP contribution >= 0.6 is 0 Å². The Kier molecular flexibility index (Phi) is 3.84. The SMILES string of the molecule is NC(Cc1nc(CC(F)(F)F)no1)c1ccccc1. The summed E-state index contributed by atoms with van der Waals surface area (Å²) in [6.45, 7) is 0. The van der Waals surface area contributed by atoms with Gasteiger partial charge in [-0.05, 0) is 5.56 Å². The number of rotatable bonds is 4. The van der Waals surface area contributed by atoms with Crippen molar-refractivity contribution in [2.75, 3.05) is 0 Å². The van der Waals surface area contributed by atoms with Crippen LogP contribution in [0.2, 0.25) is 0 Å². The van der Waals surface area contributed by atoms with Gasteiger partial charge in [-0.3, -0.25) is 0 Å². The van der Waals surface area contributed by atoms with E-state index in [-0.39, 0.29) is 24.2 Å². The largest absolute Gasteiger partial charge is 0.396 e. The van der Waals surface area contributed by atoms with Crippen molar-refractivity contribution in [1.82, 2.24) is 10.1 Å². The van der Waals surface area contributed by atoms with Gasteiger partial charge in [-0.1, -0.05) is 35.5 Å². The Balaban J connectivity index is 2.00. The molecule has 0 saturated heterocycles. The van der Waals surface area contributed by atoms with Gasteiger partial charge < -0.3 is 10.3 Å². The molecule has 0 aliphatic heterocycles. The minimum Gasteiger partial charge on any atom is -0.339 e. The minimum absolute atomic E-state index is 0.107. The van der Waals surface area contributed by atoms with E-state index in [4.69, 9.17) is 10.3 Å². The normalized spacial score (nSPS) is 13.5. The summed E-state index contributed by atoms with van der Waals surface area (Å²) in [7, 11) is 0. The molecule has 0 bridgehead atoms. The van der Waals surface area contributed by atoms with Crippen LogP contribution in [0.25, 0.3) is 0 Å². The highest BCUT2D eigenvalue weighted by atomic mass is 19.4. The fourth-order valence-electron chi connectivity index (χ4n) is 1.63. The number of hydrogen-bond acceptors (Lipinski definition) is 4. The fourth-order valence-corrected chi connectivity index (χ4v) is 1.63. The summed E-state index contributed by atoms with van der Waals surface area (Å²) >= 11 is 0. The number of nitrogens with two attached hydrogens (primary N) is 1. The Morgan fingerprint density at radius 2 is 1.89 bits per heavy atom. The molecule has 1 aromatic heterocycles. The lowest BCUT2D eigenvalue weighted by atomic mass is 10.1. The molecule has 2 N–H and O–H groups in total. The van der Waals surface area contributed by atoms with Crippen LogP contribution in [0.4, 0.5) is 13.2 Å². The lowest BCUT2D eigenvalue weighted by molar-refractivity contribution is -0.128. The van der Waals surface area contributed by atoms with E-state index in [0.29, 0.717) is 0 Å². The molecular formula is C12H12F3N3O. The quantitative estimate of drug-likeness (QED) is 0.927. The zero-order chi connectivity index (χ0) is 13.9. The first-order valence-electron chi connectivity index (χ1n) is 5.63. The molecule has 0 aliphatic carbocycles. The summed E-state index contributed by atoms with van der Waals surface area (Å²) in [6.07, 6.45) is -5.34. The molecule has 0 radical (unpaired) electrons. The number of halogens is 3. The smallest absolute Gasteiger partial charge is 0.339 e. The third-order valence-corrected chi connectivity index (χ3v) is 2.49. The highest BCUT2D eigenvalue weighted by Gasteiger charge is 2.30. The van der Waals surface area contributed by atoms with Gasteiger partial charge >= 0.3 is 6.18 Å². The van der Waals surface area contributed by atoms with Gasteiger partial charge in [-0.2, -0.15) is 18.2 Å². The maximum absolute atomic E-state index is 12.1. The number of nitrogens with zero attached hydrogens (tertiary/aromatic N) is 2. The zero-order valence-electron chi connectivity index (χ0n) is 9.89. The van der Waals surface area contributed by atoms with Crippen LogP contribution < -0.4 is 5.73 Å². The van der Waals surface area contributed by atoms with Crippen molar-refractivity contribution in [2.45, 2.75) is 25.1 Å². The van der Waals surface area contributed by atoms with Gasteiger partial charge in [0.2, 0.25) is 5.89 Å². The van der Waals surface area contributed by atoms with E-state index in [9.17, 15) is 13.2 Å². The Morgan fingerprint density at radius 1 is 1.21 bits per heavy atom. The Labute approximate surface area is 107 Å². The molecule has 7 heteroatoms. The first-order chi connectivity index (χ1) is 8.94. The van der Waals surface area contributed by atoms with Crippen LogP contribution in [0.1, 0.15) is 23.3 Å². The second kappa shape index (κ2) is 5.40. The topological polar surface area (TPSA) is 64.9 Å². The van der Waals surface area contributed by atoms with E-state index in [1.807, 2.05) is 30.3 Å². The van der Waals surface area contributed by atoms with Gasteiger partial charge in [0.05, 0.1) is 0 Å². The second-order valence-corrected chi connectivity index (χ2v) is 4.12. The van der Waals surface area contributed by atoms with E-state index >= 15 is 0 Å². The molecule has 2 rings (SSSR count). The lowest BCUT2D eigenvalue weighted by Crippen LogP contribution is -2.14. The van der Waals surface area contributed by atoms with Gasteiger partial charge in [-0.25, -0.2) is 0 Å². The molecule has 0 spiro atoms. The summed E-state index contributed by atoms with van der Waals surface area (Å²) in [5.41, 5.74) is 6.77. The Hall–Kier alpha value is -1.89. The maximum atomic E-state index is 12.1. The molecule has 4 nitrogen and oxygen atoms in total. The molecule has 0 amide bonds. The van der Waals surface area contributed by atoms with E-state index in [0.717, 1.165) is 5.56 Å². The summed E-state index contributed by atoms with van der Waals surface area (Å²) in [5, 5.41) is 3.29. The second-order valence-electron chi connectivity index (χ2n) is 4.12. The van der Waals surface area contributed by atoms with Gasteiger partial charge in [0.15, 0.2) is 5.82 Å². The molecule has 0 aliphatic rings. The van der Waals surface area contributed by atoms with Crippen molar-refractivity contribution in [2.24, 2.45) is 5.73 Å². The van der Waals surface area contributed by atoms with Crippen LogP contribution in [-0.4, -0.2) is 16.3 Å². The zero-order valence-corrected chi connectivity index (χ0v) is 9.89. The third kappa shape index (κ3) is 4.06. The van der Waals surface area contributed by atoms with E-state index in [2.05, 4.69) is 10.1 Å². The number of benzene rings is 1. The van der Waals surface area contributed by atoms with Crippen LogP contribution in [0.15, 0.2) is 34.9 Å². The van der Waals surface area contributed by atoms with Gasteiger partial charge in [0, 0.05) is 12.5 Å². The predicted molar refractivity (Wildman–Crippen MR) is 61.1 cm³/mol. The average Bonchev–Trinajstić information content (AvgIpc) is 2.75. The van der Waals surface area contributed by atoms with Gasteiger partial charge in [-0.15, -0.1) is 0 Å². The van der Waals surface area contributed by atoms with Gasteiger partial charge in [0.25, 0.3) is 0 Å². The highest BCUT2D eigenvalue weighted by Crippen LogP contribution is 2.20. The maximum Gasteiger partial charge on any atom is 0.396 e. The fraction of sp³-hybridized carbons (Fsp3) is 0.333. The lowest BCUT2D eigenvalue weighted by Gasteiger charge is -2.08. The average molecular weight is 271 g/mol. The first-order valence-corrected chi connectivity index (χ1v) is 5.63. The number of aromatic nitrogens is 2. The van der Waals surface area contributed by atoms with Crippen molar-refractivity contribution >= 4 is 0 Å². The molecule has 102 valence electrons. The summed E-state index contributed by atoms with van der Waals surface area (Å²) in [6, 6.07) is 8.79. The van der Waals surface area contributed by atoms with Crippen molar-refractivity contribution < 1.29 is 17.7 Å². The highest BCUT2D eigenvalue weighted by molar-refractivity contribution is 5.19. The Morgan fingerprint density at radius 3 is 2.53 bits per heavy atom. The van der Waals surface area contributed by atoms with Crippen LogP contribution in [0.5, 0.6) is 0 Å². The molecule has 1 heterocycles. The predicted octanol–water partition coefficient (Wildman–Crippen LogP) is 2.42. The number of alkyl halides is 3. The summed E-state index contributed by atoms with van der Waals surface area (Å²) in [4.78, 5) is 3.68. The molecular weight excluding hydrogens is 259 g/mol. The van der Waals surface area contributed by atoms with E-state index in [1.165, 1.54) is 0 Å². The molecule has 0 saturated carbocycles. The molecule has 1 unspecified atom stereocenters. The van der Waals surface area contributed by atoms with Crippen LogP contribution in [-0.2, 0) is 12.8 Å². The molecule has 2 aromatic rings. The van der Waals surface area contributed by atoms with Crippen molar-refractivity contribution in [3.63, 3.8) is 0 Å². The minimum atomic E-state index is -4.34. The van der Waals surface area contributed by atoms with Crippen LogP contribution in [0.3, 0.4) is 0 Å². The summed E-state index contributed by atoms with van der Waals surface area (Å²) < 4.78 is 41.2. The molecule has 19 heavy (non-hydrogen) atoms. The third-order valence-electron chi connectivity index (χ3n) is 2.49. The van der Waals surface area contributed by atoms with Crippen molar-refractivity contribution in [3.8, 4) is 0 Å². The summed E-state index contributed by atoms with van der Waals surface area (Å²) in [5.74, 6) is -0.265. The molecule has 1 aromatic carbocycles. The standard InChI is InChI=1S/C12H12F3N3O/c13-12(14,15)7-10-17-11(19-18-10)6-9(16)8-4-2-1-3-5-8/h1-5,9H,6-7,16H2. The Bertz CT molecular complexity index is 525. The van der Waals surface area contributed by atoms with E-state index in [1.54, 1.807) is 0 Å². The van der Waals surface area contributed by atoms with E-state index < -0.39 is 12.6 Å². The van der Waals surface area contributed by atoms with Crippen molar-refractivity contribution in [1.29, 1.82) is 0 Å². The van der Waals surface area contributed by atoms with Crippen molar-refractivity contribution in [3.05, 3.63) is 47.6 Å². The van der Waals surface area contributed by atoms with Crippen LogP contribution in [0, 0.1) is 0 Å². The molecule has 1 atom stereocenters. The first kappa shape index (κ1) is 13.5. The van der Waals surface area contributed by atoms with Gasteiger partial charge in [0.1, 0.15) is 6.42 Å². The molecule has 0 fully saturated rings. The number of hydrogen-bond donors (Lipinski definition) is 1.